The SMILES string of the molecule is Clc1ccc2c(c1)NNc1ccccc1-2. The molecule has 2 aromatic rings. The number of hydrogen-bond acceptors (Lipinski definition) is 2. The molecular formula is C12H9ClN2. The zero-order valence-corrected chi connectivity index (χ0v) is 8.68. The number of benzene rings is 2. The highest BCUT2D eigenvalue weighted by Crippen LogP contribution is 2.38. The number of hydrogen-bond donors (Lipinski definition) is 2. The largest absolute Gasteiger partial charge is 0.300 e. The molecule has 0 aliphatic carbocycles. The Morgan fingerprint density at radius 1 is 0.800 bits per heavy atom. The highest BCUT2D eigenvalue weighted by molar-refractivity contribution is 6.31. The summed E-state index contributed by atoms with van der Waals surface area (Å²) in [6.07, 6.45) is 0. The van der Waals surface area contributed by atoms with Crippen molar-refractivity contribution < 1.29 is 0 Å². The van der Waals surface area contributed by atoms with Gasteiger partial charge in [-0.1, -0.05) is 35.9 Å². The number of fused-ring (bicyclic) bond motifs is 3. The average Bonchev–Trinajstić information content (AvgIpc) is 2.28. The molecule has 0 radical (unpaired) electrons. The predicted octanol–water partition coefficient (Wildman–Crippen LogP) is 3.76. The van der Waals surface area contributed by atoms with Crippen molar-refractivity contribution in [3.8, 4) is 11.1 Å². The Morgan fingerprint density at radius 3 is 2.47 bits per heavy atom. The molecular weight excluding hydrogens is 208 g/mol. The van der Waals surface area contributed by atoms with Gasteiger partial charge in [-0.15, -0.1) is 0 Å². The molecule has 0 spiro atoms. The van der Waals surface area contributed by atoms with Gasteiger partial charge in [0, 0.05) is 16.1 Å². The maximum absolute atomic E-state index is 5.94. The summed E-state index contributed by atoms with van der Waals surface area (Å²) in [5, 5.41) is 0.738. The molecule has 2 nitrogen and oxygen atoms in total. The summed E-state index contributed by atoms with van der Waals surface area (Å²) in [5.74, 6) is 0. The summed E-state index contributed by atoms with van der Waals surface area (Å²) in [5.41, 5.74) is 10.7. The normalized spacial score (nSPS) is 12.1. The van der Waals surface area contributed by atoms with Gasteiger partial charge < -0.3 is 10.9 Å². The monoisotopic (exact) mass is 216 g/mol. The van der Waals surface area contributed by atoms with E-state index in [0.717, 1.165) is 16.4 Å². The number of anilines is 2. The van der Waals surface area contributed by atoms with Crippen LogP contribution in [-0.2, 0) is 0 Å². The first-order chi connectivity index (χ1) is 7.34. The number of halogens is 1. The second-order valence-electron chi connectivity index (χ2n) is 3.49. The zero-order valence-electron chi connectivity index (χ0n) is 7.92. The number of hydrazine groups is 1. The summed E-state index contributed by atoms with van der Waals surface area (Å²) in [4.78, 5) is 0. The number of rotatable bonds is 0. The minimum atomic E-state index is 0.738. The molecule has 3 rings (SSSR count). The minimum absolute atomic E-state index is 0.738. The van der Waals surface area contributed by atoms with Crippen molar-refractivity contribution in [2.24, 2.45) is 0 Å². The Balaban J connectivity index is 2.26. The lowest BCUT2D eigenvalue weighted by molar-refractivity contribution is 1.37. The van der Waals surface area contributed by atoms with E-state index in [-0.39, 0.29) is 0 Å². The average molecular weight is 217 g/mol. The Kier molecular flexibility index (Phi) is 1.82. The molecule has 2 N–H and O–H groups in total. The van der Waals surface area contributed by atoms with Crippen molar-refractivity contribution in [2.45, 2.75) is 0 Å². The van der Waals surface area contributed by atoms with Gasteiger partial charge in [0.15, 0.2) is 0 Å². The highest BCUT2D eigenvalue weighted by Gasteiger charge is 2.14. The van der Waals surface area contributed by atoms with E-state index in [1.54, 1.807) is 0 Å². The zero-order chi connectivity index (χ0) is 10.3. The molecule has 1 aliphatic rings. The lowest BCUT2D eigenvalue weighted by Crippen LogP contribution is -2.14. The van der Waals surface area contributed by atoms with Crippen LogP contribution in [0, 0.1) is 0 Å². The first kappa shape index (κ1) is 8.62. The Bertz CT molecular complexity index is 523. The van der Waals surface area contributed by atoms with Crippen LogP contribution in [0.1, 0.15) is 0 Å². The molecule has 1 aliphatic heterocycles. The summed E-state index contributed by atoms with van der Waals surface area (Å²) in [6.45, 7) is 0. The summed E-state index contributed by atoms with van der Waals surface area (Å²) in [6, 6.07) is 14.0. The summed E-state index contributed by atoms with van der Waals surface area (Å²) >= 11 is 5.94. The molecule has 3 heteroatoms. The molecule has 15 heavy (non-hydrogen) atoms. The van der Waals surface area contributed by atoms with Crippen LogP contribution in [0.2, 0.25) is 5.02 Å². The van der Waals surface area contributed by atoms with E-state index in [2.05, 4.69) is 16.9 Å². The Hall–Kier alpha value is -1.67. The van der Waals surface area contributed by atoms with Crippen LogP contribution in [0.25, 0.3) is 11.1 Å². The fraction of sp³-hybridized carbons (Fsp3) is 0. The van der Waals surface area contributed by atoms with Gasteiger partial charge >= 0.3 is 0 Å². The summed E-state index contributed by atoms with van der Waals surface area (Å²) < 4.78 is 0. The van der Waals surface area contributed by atoms with Crippen LogP contribution >= 0.6 is 11.6 Å². The molecule has 0 saturated heterocycles. The van der Waals surface area contributed by atoms with E-state index in [1.807, 2.05) is 36.4 Å². The van der Waals surface area contributed by atoms with Gasteiger partial charge in [0.1, 0.15) is 0 Å². The fourth-order valence-electron chi connectivity index (χ4n) is 1.82. The van der Waals surface area contributed by atoms with Crippen LogP contribution in [0.15, 0.2) is 42.5 Å². The van der Waals surface area contributed by atoms with E-state index >= 15 is 0 Å². The maximum atomic E-state index is 5.94. The maximum Gasteiger partial charge on any atom is 0.0633 e. The highest BCUT2D eigenvalue weighted by atomic mass is 35.5. The second-order valence-corrected chi connectivity index (χ2v) is 3.92. The van der Waals surface area contributed by atoms with Crippen LogP contribution < -0.4 is 10.9 Å². The summed E-state index contributed by atoms with van der Waals surface area (Å²) in [7, 11) is 0. The third kappa shape index (κ3) is 1.34. The van der Waals surface area contributed by atoms with Gasteiger partial charge in [0.2, 0.25) is 0 Å². The predicted molar refractivity (Wildman–Crippen MR) is 64.1 cm³/mol. The third-order valence-electron chi connectivity index (χ3n) is 2.53. The Labute approximate surface area is 92.9 Å². The molecule has 74 valence electrons. The molecule has 0 amide bonds. The van der Waals surface area contributed by atoms with E-state index < -0.39 is 0 Å². The van der Waals surface area contributed by atoms with E-state index in [1.165, 1.54) is 11.1 Å². The molecule has 0 saturated carbocycles. The van der Waals surface area contributed by atoms with E-state index in [0.29, 0.717) is 0 Å². The molecule has 1 heterocycles. The van der Waals surface area contributed by atoms with Gasteiger partial charge in [-0.05, 0) is 18.2 Å². The molecule has 0 fully saturated rings. The standard InChI is InChI=1S/C12H9ClN2/c13-8-5-6-10-9-3-1-2-4-11(9)14-15-12(10)7-8/h1-7,14-15H. The van der Waals surface area contributed by atoms with Gasteiger partial charge in [-0.2, -0.15) is 0 Å². The van der Waals surface area contributed by atoms with E-state index in [4.69, 9.17) is 11.6 Å². The van der Waals surface area contributed by atoms with Crippen molar-refractivity contribution in [3.05, 3.63) is 47.5 Å². The molecule has 0 unspecified atom stereocenters. The van der Waals surface area contributed by atoms with Gasteiger partial charge in [-0.25, -0.2) is 0 Å². The minimum Gasteiger partial charge on any atom is -0.300 e. The first-order valence-electron chi connectivity index (χ1n) is 4.75. The molecule has 0 atom stereocenters. The lowest BCUT2D eigenvalue weighted by Gasteiger charge is -2.22. The second kappa shape index (κ2) is 3.17. The van der Waals surface area contributed by atoms with Crippen molar-refractivity contribution in [1.82, 2.24) is 0 Å². The first-order valence-corrected chi connectivity index (χ1v) is 5.13. The lowest BCUT2D eigenvalue weighted by atomic mass is 10.0. The van der Waals surface area contributed by atoms with E-state index in [9.17, 15) is 0 Å². The van der Waals surface area contributed by atoms with Crippen molar-refractivity contribution in [1.29, 1.82) is 0 Å². The van der Waals surface area contributed by atoms with Crippen LogP contribution in [0.5, 0.6) is 0 Å². The van der Waals surface area contributed by atoms with Crippen LogP contribution in [0.4, 0.5) is 11.4 Å². The third-order valence-corrected chi connectivity index (χ3v) is 2.77. The topological polar surface area (TPSA) is 24.1 Å². The van der Waals surface area contributed by atoms with Crippen molar-refractivity contribution >= 4 is 23.0 Å². The molecule has 2 aromatic carbocycles. The van der Waals surface area contributed by atoms with Gasteiger partial charge in [0.25, 0.3) is 0 Å². The number of nitrogens with one attached hydrogen (secondary N) is 2. The number of para-hydroxylation sites is 1. The van der Waals surface area contributed by atoms with Gasteiger partial charge in [0.05, 0.1) is 11.4 Å². The van der Waals surface area contributed by atoms with Gasteiger partial charge in [-0.3, -0.25) is 0 Å². The smallest absolute Gasteiger partial charge is 0.0633 e. The van der Waals surface area contributed by atoms with Crippen LogP contribution in [-0.4, -0.2) is 0 Å². The Morgan fingerprint density at radius 2 is 1.53 bits per heavy atom. The molecule has 0 bridgehead atoms. The van der Waals surface area contributed by atoms with Crippen molar-refractivity contribution in [2.75, 3.05) is 10.9 Å². The quantitative estimate of drug-likeness (QED) is 0.701. The fourth-order valence-corrected chi connectivity index (χ4v) is 1.99. The molecule has 0 aromatic heterocycles. The van der Waals surface area contributed by atoms with Crippen LogP contribution in [0.3, 0.4) is 0 Å². The van der Waals surface area contributed by atoms with Crippen molar-refractivity contribution in [3.63, 3.8) is 0 Å².